The summed E-state index contributed by atoms with van der Waals surface area (Å²) in [5.74, 6) is 0.476. The van der Waals surface area contributed by atoms with Gasteiger partial charge in [-0.1, -0.05) is 25.3 Å². The molecule has 23 heavy (non-hydrogen) atoms. The third-order valence-corrected chi connectivity index (χ3v) is 5.18. The number of aryl methyl sites for hydroxylation is 1. The maximum atomic E-state index is 12.7. The van der Waals surface area contributed by atoms with Crippen molar-refractivity contribution in [3.8, 4) is 0 Å². The first-order valence-electron chi connectivity index (χ1n) is 8.79. The Bertz CT molecular complexity index is 652. The molecule has 0 amide bonds. The van der Waals surface area contributed by atoms with E-state index in [1.807, 2.05) is 19.1 Å². The highest BCUT2D eigenvalue weighted by molar-refractivity contribution is 5.98. The average molecular weight is 312 g/mol. The Morgan fingerprint density at radius 3 is 2.65 bits per heavy atom. The fraction of sp³-hybridized carbons (Fsp3) is 0.550. The summed E-state index contributed by atoms with van der Waals surface area (Å²) < 4.78 is 0. The molecule has 3 rings (SSSR count). The van der Waals surface area contributed by atoms with Gasteiger partial charge in [0.05, 0.1) is 0 Å². The number of fused-ring (bicyclic) bond motifs is 1. The van der Waals surface area contributed by atoms with Crippen molar-refractivity contribution >= 4 is 17.2 Å². The van der Waals surface area contributed by atoms with Gasteiger partial charge in [-0.2, -0.15) is 0 Å². The van der Waals surface area contributed by atoms with E-state index in [9.17, 15) is 4.79 Å². The summed E-state index contributed by atoms with van der Waals surface area (Å²) in [6, 6.07) is 4.19. The number of carbonyl (C=O) groups excluding carboxylic acids is 1. The Labute approximate surface area is 139 Å². The Morgan fingerprint density at radius 2 is 1.96 bits per heavy atom. The monoisotopic (exact) mass is 312 g/mol. The molecule has 1 aromatic carbocycles. The third-order valence-electron chi connectivity index (χ3n) is 5.18. The fourth-order valence-electron chi connectivity index (χ4n) is 3.89. The minimum absolute atomic E-state index is 0.0474. The van der Waals surface area contributed by atoms with Crippen LogP contribution in [0.2, 0.25) is 0 Å². The summed E-state index contributed by atoms with van der Waals surface area (Å²) in [5.41, 5.74) is 11.3. The quantitative estimate of drug-likeness (QED) is 0.641. The molecular weight excluding hydrogens is 284 g/mol. The highest BCUT2D eigenvalue weighted by Gasteiger charge is 2.29. The molecule has 1 aromatic rings. The molecule has 2 aliphatic rings. The van der Waals surface area contributed by atoms with Crippen molar-refractivity contribution in [3.05, 3.63) is 34.9 Å². The molecule has 0 bridgehead atoms. The van der Waals surface area contributed by atoms with Gasteiger partial charge in [-0.3, -0.25) is 4.79 Å². The molecule has 0 unspecified atom stereocenters. The second-order valence-corrected chi connectivity index (χ2v) is 7.85. The maximum Gasteiger partial charge on any atom is 0.160 e. The first kappa shape index (κ1) is 16.1. The molecule has 0 radical (unpaired) electrons. The topological polar surface area (TPSA) is 55.1 Å². The molecule has 3 nitrogen and oxygen atoms in total. The number of nitrogens with one attached hydrogen (secondary N) is 1. The van der Waals surface area contributed by atoms with E-state index in [1.165, 1.54) is 24.8 Å². The van der Waals surface area contributed by atoms with Crippen molar-refractivity contribution in [2.24, 2.45) is 5.92 Å². The van der Waals surface area contributed by atoms with Gasteiger partial charge in [0.25, 0.3) is 0 Å². The number of allylic oxidation sites excluding steroid dienone is 1. The molecular formula is C20H28N2O. The molecule has 1 heterocycles. The molecule has 0 spiro atoms. The fourth-order valence-corrected chi connectivity index (χ4v) is 3.89. The number of hydrogen-bond acceptors (Lipinski definition) is 3. The van der Waals surface area contributed by atoms with Gasteiger partial charge in [0, 0.05) is 34.5 Å². The highest BCUT2D eigenvalue weighted by Crippen LogP contribution is 2.33. The normalized spacial score (nSPS) is 22.5. The van der Waals surface area contributed by atoms with Gasteiger partial charge >= 0.3 is 0 Å². The number of anilines is 1. The number of nitrogens with two attached hydrogens (primary N) is 1. The van der Waals surface area contributed by atoms with Gasteiger partial charge in [0.1, 0.15) is 0 Å². The second-order valence-electron chi connectivity index (χ2n) is 7.85. The standard InChI is InChI=1S/C20H28N2O/c1-13-9-15-12-20(2,3)22-18(16(15)10-17(13)21)11-19(23)14-7-5-4-6-8-14/h9-11,14,22H,4-8,12,21H2,1-3H3/b18-11-. The molecule has 3 heteroatoms. The zero-order valence-electron chi connectivity index (χ0n) is 14.5. The highest BCUT2D eigenvalue weighted by atomic mass is 16.1. The lowest BCUT2D eigenvalue weighted by atomic mass is 9.82. The number of carbonyl (C=O) groups is 1. The number of hydrogen-bond donors (Lipinski definition) is 2. The van der Waals surface area contributed by atoms with Crippen molar-refractivity contribution in [1.29, 1.82) is 0 Å². The number of benzene rings is 1. The van der Waals surface area contributed by atoms with E-state index in [4.69, 9.17) is 5.73 Å². The zero-order chi connectivity index (χ0) is 16.6. The zero-order valence-corrected chi connectivity index (χ0v) is 14.5. The van der Waals surface area contributed by atoms with E-state index >= 15 is 0 Å². The van der Waals surface area contributed by atoms with Crippen LogP contribution in [0.3, 0.4) is 0 Å². The van der Waals surface area contributed by atoms with Crippen LogP contribution in [0.4, 0.5) is 5.69 Å². The molecule has 1 fully saturated rings. The van der Waals surface area contributed by atoms with Crippen LogP contribution in [0.1, 0.15) is 62.6 Å². The van der Waals surface area contributed by atoms with Crippen LogP contribution < -0.4 is 11.1 Å². The summed E-state index contributed by atoms with van der Waals surface area (Å²) in [5, 5.41) is 3.55. The van der Waals surface area contributed by atoms with E-state index in [2.05, 4.69) is 25.2 Å². The van der Waals surface area contributed by atoms with Crippen LogP contribution in [-0.2, 0) is 11.2 Å². The van der Waals surface area contributed by atoms with Crippen LogP contribution >= 0.6 is 0 Å². The van der Waals surface area contributed by atoms with Crippen LogP contribution in [0.25, 0.3) is 5.70 Å². The summed E-state index contributed by atoms with van der Waals surface area (Å²) in [7, 11) is 0. The van der Waals surface area contributed by atoms with Crippen molar-refractivity contribution in [2.45, 2.75) is 64.8 Å². The number of nitrogen functional groups attached to an aromatic ring is 1. The van der Waals surface area contributed by atoms with E-state index in [0.29, 0.717) is 0 Å². The van der Waals surface area contributed by atoms with E-state index in [0.717, 1.165) is 41.8 Å². The van der Waals surface area contributed by atoms with E-state index in [-0.39, 0.29) is 17.2 Å². The Balaban J connectivity index is 1.96. The Hall–Kier alpha value is -1.77. The Morgan fingerprint density at radius 1 is 1.26 bits per heavy atom. The minimum atomic E-state index is -0.0474. The molecule has 3 N–H and O–H groups in total. The molecule has 0 saturated heterocycles. The van der Waals surface area contributed by atoms with Gasteiger partial charge in [0.15, 0.2) is 5.78 Å². The largest absolute Gasteiger partial charge is 0.398 e. The average Bonchev–Trinajstić information content (AvgIpc) is 2.49. The van der Waals surface area contributed by atoms with Crippen molar-refractivity contribution < 1.29 is 4.79 Å². The van der Waals surface area contributed by atoms with Gasteiger partial charge in [-0.15, -0.1) is 0 Å². The summed E-state index contributed by atoms with van der Waals surface area (Å²) in [6.07, 6.45) is 8.49. The first-order valence-corrected chi connectivity index (χ1v) is 8.79. The molecule has 1 aliphatic heterocycles. The van der Waals surface area contributed by atoms with Crippen molar-refractivity contribution in [1.82, 2.24) is 5.32 Å². The lowest BCUT2D eigenvalue weighted by Crippen LogP contribution is -2.44. The summed E-state index contributed by atoms with van der Waals surface area (Å²) in [4.78, 5) is 12.7. The van der Waals surface area contributed by atoms with E-state index < -0.39 is 0 Å². The van der Waals surface area contributed by atoms with Crippen LogP contribution in [-0.4, -0.2) is 11.3 Å². The van der Waals surface area contributed by atoms with Gasteiger partial charge in [0.2, 0.25) is 0 Å². The molecule has 124 valence electrons. The van der Waals surface area contributed by atoms with E-state index in [1.54, 1.807) is 0 Å². The van der Waals surface area contributed by atoms with Crippen LogP contribution in [0.15, 0.2) is 18.2 Å². The molecule has 0 aromatic heterocycles. The van der Waals surface area contributed by atoms with Gasteiger partial charge in [-0.05, 0) is 57.2 Å². The van der Waals surface area contributed by atoms with Crippen LogP contribution in [0.5, 0.6) is 0 Å². The van der Waals surface area contributed by atoms with Gasteiger partial charge < -0.3 is 11.1 Å². The lowest BCUT2D eigenvalue weighted by molar-refractivity contribution is -0.119. The lowest BCUT2D eigenvalue weighted by Gasteiger charge is -2.36. The van der Waals surface area contributed by atoms with Crippen molar-refractivity contribution in [3.63, 3.8) is 0 Å². The van der Waals surface area contributed by atoms with Crippen LogP contribution in [0, 0.1) is 12.8 Å². The predicted molar refractivity (Wildman–Crippen MR) is 96.1 cm³/mol. The smallest absolute Gasteiger partial charge is 0.160 e. The number of ketones is 1. The summed E-state index contributed by atoms with van der Waals surface area (Å²) >= 11 is 0. The third kappa shape index (κ3) is 3.44. The maximum absolute atomic E-state index is 12.7. The first-order chi connectivity index (χ1) is 10.9. The number of rotatable bonds is 2. The molecule has 0 atom stereocenters. The Kier molecular flexibility index (Phi) is 4.22. The van der Waals surface area contributed by atoms with Crippen molar-refractivity contribution in [2.75, 3.05) is 5.73 Å². The predicted octanol–water partition coefficient (Wildman–Crippen LogP) is 3.99. The molecule has 1 aliphatic carbocycles. The minimum Gasteiger partial charge on any atom is -0.398 e. The summed E-state index contributed by atoms with van der Waals surface area (Å²) in [6.45, 7) is 6.41. The molecule has 1 saturated carbocycles. The SMILES string of the molecule is Cc1cc2c(cc1N)/C(=C/C(=O)C1CCCCC1)NC(C)(C)C2. The second kappa shape index (κ2) is 6.03. The van der Waals surface area contributed by atoms with Gasteiger partial charge in [-0.25, -0.2) is 0 Å².